The summed E-state index contributed by atoms with van der Waals surface area (Å²) in [5.41, 5.74) is 5.73. The summed E-state index contributed by atoms with van der Waals surface area (Å²) in [6.45, 7) is -0.234. The van der Waals surface area contributed by atoms with E-state index in [2.05, 4.69) is 15.8 Å². The van der Waals surface area contributed by atoms with Crippen LogP contribution in [0.4, 0.5) is 0 Å². The van der Waals surface area contributed by atoms with Gasteiger partial charge in [0, 0.05) is 0 Å². The highest BCUT2D eigenvalue weighted by atomic mass is 16.2. The van der Waals surface area contributed by atoms with Crippen LogP contribution in [0.1, 0.15) is 5.56 Å². The van der Waals surface area contributed by atoms with Crippen molar-refractivity contribution in [2.45, 2.75) is 13.0 Å². The number of hydrogen-bond acceptors (Lipinski definition) is 4. The molecule has 25 heavy (non-hydrogen) atoms. The minimum Gasteiger partial charge on any atom is -0.289 e. The lowest BCUT2D eigenvalue weighted by molar-refractivity contribution is -0.128. The van der Waals surface area contributed by atoms with Crippen LogP contribution in [-0.4, -0.2) is 21.4 Å². The van der Waals surface area contributed by atoms with Gasteiger partial charge in [-0.2, -0.15) is 0 Å². The molecule has 0 aliphatic carbocycles. The Morgan fingerprint density at radius 2 is 1.60 bits per heavy atom. The van der Waals surface area contributed by atoms with Crippen LogP contribution in [0.5, 0.6) is 0 Å². The van der Waals surface area contributed by atoms with Gasteiger partial charge in [-0.05, 0) is 17.7 Å². The van der Waals surface area contributed by atoms with Crippen LogP contribution in [0, 0.1) is 0 Å². The topological polar surface area (TPSA) is 93.1 Å². The Kier molecular flexibility index (Phi) is 4.84. The van der Waals surface area contributed by atoms with Gasteiger partial charge < -0.3 is 0 Å². The summed E-state index contributed by atoms with van der Waals surface area (Å²) < 4.78 is 1.20. The maximum atomic E-state index is 12.3. The number of benzene rings is 2. The van der Waals surface area contributed by atoms with Crippen molar-refractivity contribution in [1.82, 2.24) is 20.4 Å². The molecule has 0 aliphatic heterocycles. The molecule has 1 aromatic heterocycles. The Balaban J connectivity index is 1.59. The smallest absolute Gasteiger partial charge is 0.261 e. The first-order chi connectivity index (χ1) is 12.1. The zero-order valence-electron chi connectivity index (χ0n) is 13.3. The van der Waals surface area contributed by atoms with Crippen LogP contribution in [-0.2, 0) is 22.6 Å². The van der Waals surface area contributed by atoms with Crippen LogP contribution in [0.25, 0.3) is 10.9 Å². The lowest BCUT2D eigenvalue weighted by Crippen LogP contribution is -2.44. The average Bonchev–Trinajstić information content (AvgIpc) is 2.63. The maximum Gasteiger partial charge on any atom is 0.261 e. The fraction of sp³-hybridized carbons (Fsp3) is 0.111. The van der Waals surface area contributed by atoms with Crippen molar-refractivity contribution in [1.29, 1.82) is 0 Å². The van der Waals surface area contributed by atoms with Crippen molar-refractivity contribution in [2.24, 2.45) is 0 Å². The van der Waals surface area contributed by atoms with Gasteiger partial charge in [0.15, 0.2) is 0 Å². The summed E-state index contributed by atoms with van der Waals surface area (Å²) in [6, 6.07) is 16.1. The second-order valence-corrected chi connectivity index (χ2v) is 5.45. The van der Waals surface area contributed by atoms with Gasteiger partial charge in [0.25, 0.3) is 11.5 Å². The molecule has 0 saturated heterocycles. The molecule has 7 heteroatoms. The molecule has 3 aromatic rings. The van der Waals surface area contributed by atoms with Crippen LogP contribution in [0.3, 0.4) is 0 Å². The molecular formula is C18H16N4O3. The van der Waals surface area contributed by atoms with E-state index >= 15 is 0 Å². The predicted octanol–water partition coefficient (Wildman–Crippen LogP) is 0.787. The van der Waals surface area contributed by atoms with E-state index < -0.39 is 5.91 Å². The largest absolute Gasteiger partial charge is 0.289 e. The number of para-hydroxylation sites is 1. The van der Waals surface area contributed by atoms with E-state index in [1.165, 1.54) is 10.9 Å². The number of hydrogen-bond donors (Lipinski definition) is 2. The van der Waals surface area contributed by atoms with E-state index in [1.54, 1.807) is 24.3 Å². The monoisotopic (exact) mass is 336 g/mol. The number of nitrogens with zero attached hydrogens (tertiary/aromatic N) is 2. The molecule has 126 valence electrons. The quantitative estimate of drug-likeness (QED) is 0.689. The van der Waals surface area contributed by atoms with Gasteiger partial charge in [0.1, 0.15) is 6.54 Å². The number of aromatic nitrogens is 2. The standard InChI is InChI=1S/C18H16N4O3/c23-16(10-13-6-2-1-3-7-13)20-21-17(24)11-22-12-19-15-9-5-4-8-14(15)18(22)25/h1-9,12H,10-11H2,(H,20,23)(H,21,24). The second-order valence-electron chi connectivity index (χ2n) is 5.45. The van der Waals surface area contributed by atoms with Gasteiger partial charge >= 0.3 is 0 Å². The average molecular weight is 336 g/mol. The van der Waals surface area contributed by atoms with E-state index in [0.717, 1.165) is 5.56 Å². The zero-order valence-corrected chi connectivity index (χ0v) is 13.3. The highest BCUT2D eigenvalue weighted by molar-refractivity contribution is 5.83. The number of carbonyl (C=O) groups excluding carboxylic acids is 2. The lowest BCUT2D eigenvalue weighted by atomic mass is 10.1. The van der Waals surface area contributed by atoms with Crippen LogP contribution < -0.4 is 16.4 Å². The Morgan fingerprint density at radius 1 is 0.920 bits per heavy atom. The third-order valence-electron chi connectivity index (χ3n) is 3.59. The molecule has 2 amide bonds. The number of hydrazine groups is 1. The summed E-state index contributed by atoms with van der Waals surface area (Å²) in [6.07, 6.45) is 1.47. The molecule has 0 aliphatic rings. The van der Waals surface area contributed by atoms with Gasteiger partial charge in [0.05, 0.1) is 23.7 Å². The van der Waals surface area contributed by atoms with E-state index in [1.807, 2.05) is 30.3 Å². The number of nitrogens with one attached hydrogen (secondary N) is 2. The summed E-state index contributed by atoms with van der Waals surface area (Å²) >= 11 is 0. The van der Waals surface area contributed by atoms with Crippen molar-refractivity contribution >= 4 is 22.7 Å². The molecule has 3 rings (SSSR count). The van der Waals surface area contributed by atoms with Gasteiger partial charge in [-0.1, -0.05) is 42.5 Å². The van der Waals surface area contributed by atoms with E-state index in [0.29, 0.717) is 10.9 Å². The van der Waals surface area contributed by atoms with E-state index in [9.17, 15) is 14.4 Å². The van der Waals surface area contributed by atoms with Crippen LogP contribution in [0.2, 0.25) is 0 Å². The zero-order chi connectivity index (χ0) is 17.6. The van der Waals surface area contributed by atoms with Crippen molar-refractivity contribution < 1.29 is 9.59 Å². The fourth-order valence-corrected chi connectivity index (χ4v) is 2.38. The first kappa shape index (κ1) is 16.4. The third kappa shape index (κ3) is 4.08. The molecule has 0 spiro atoms. The minimum absolute atomic E-state index is 0.151. The normalized spacial score (nSPS) is 10.4. The van der Waals surface area contributed by atoms with Gasteiger partial charge in [-0.25, -0.2) is 4.98 Å². The summed E-state index contributed by atoms with van der Waals surface area (Å²) in [7, 11) is 0. The van der Waals surface area contributed by atoms with Crippen molar-refractivity contribution in [2.75, 3.05) is 0 Å². The number of amides is 2. The molecule has 0 fully saturated rings. The Bertz CT molecular complexity index is 967. The van der Waals surface area contributed by atoms with Crippen LogP contribution >= 0.6 is 0 Å². The minimum atomic E-state index is -0.513. The Morgan fingerprint density at radius 3 is 2.40 bits per heavy atom. The maximum absolute atomic E-state index is 12.3. The van der Waals surface area contributed by atoms with Gasteiger partial charge in [-0.3, -0.25) is 29.8 Å². The van der Waals surface area contributed by atoms with Crippen molar-refractivity contribution in [3.05, 3.63) is 76.8 Å². The van der Waals surface area contributed by atoms with Crippen molar-refractivity contribution in [3.8, 4) is 0 Å². The first-order valence-electron chi connectivity index (χ1n) is 7.69. The second kappa shape index (κ2) is 7.39. The molecule has 2 N–H and O–H groups in total. The first-order valence-corrected chi connectivity index (χ1v) is 7.69. The molecule has 0 atom stereocenters. The van der Waals surface area contributed by atoms with E-state index in [4.69, 9.17) is 0 Å². The lowest BCUT2D eigenvalue weighted by Gasteiger charge is -2.09. The number of fused-ring (bicyclic) bond motifs is 1. The third-order valence-corrected chi connectivity index (χ3v) is 3.59. The fourth-order valence-electron chi connectivity index (χ4n) is 2.38. The summed E-state index contributed by atoms with van der Waals surface area (Å²) in [5.74, 6) is -0.857. The molecule has 0 unspecified atom stereocenters. The molecule has 2 aromatic carbocycles. The van der Waals surface area contributed by atoms with Gasteiger partial charge in [-0.15, -0.1) is 0 Å². The highest BCUT2D eigenvalue weighted by Crippen LogP contribution is 2.04. The molecule has 0 saturated carbocycles. The van der Waals surface area contributed by atoms with Gasteiger partial charge in [0.2, 0.25) is 5.91 Å². The Labute approximate surface area is 143 Å². The SMILES string of the molecule is O=C(Cc1ccccc1)NNC(=O)Cn1cnc2ccccc2c1=O. The Hall–Kier alpha value is -3.48. The van der Waals surface area contributed by atoms with Crippen LogP contribution in [0.15, 0.2) is 65.7 Å². The molecule has 0 radical (unpaired) electrons. The number of carbonyl (C=O) groups is 2. The molecular weight excluding hydrogens is 320 g/mol. The molecule has 7 nitrogen and oxygen atoms in total. The summed E-state index contributed by atoms with van der Waals surface area (Å²) in [5, 5.41) is 0.436. The predicted molar refractivity (Wildman–Crippen MR) is 92.4 cm³/mol. The molecule has 0 bridgehead atoms. The molecule has 1 heterocycles. The number of rotatable bonds is 4. The van der Waals surface area contributed by atoms with Crippen molar-refractivity contribution in [3.63, 3.8) is 0 Å². The summed E-state index contributed by atoms with van der Waals surface area (Å²) in [4.78, 5) is 40.2. The highest BCUT2D eigenvalue weighted by Gasteiger charge is 2.09. The van der Waals surface area contributed by atoms with E-state index in [-0.39, 0.29) is 24.4 Å².